The summed E-state index contributed by atoms with van der Waals surface area (Å²) < 4.78 is 27.9. The Labute approximate surface area is 113 Å². The van der Waals surface area contributed by atoms with Crippen molar-refractivity contribution in [1.29, 1.82) is 0 Å². The smallest absolute Gasteiger partial charge is 0.201 e. The van der Waals surface area contributed by atoms with E-state index in [-0.39, 0.29) is 0 Å². The maximum Gasteiger partial charge on any atom is 0.279 e. The molecule has 0 unspecified atom stereocenters. The lowest BCUT2D eigenvalue weighted by Gasteiger charge is -2.15. The molecule has 1 aliphatic rings. The molecule has 0 radical (unpaired) electrons. The van der Waals surface area contributed by atoms with Gasteiger partial charge in [0.25, 0.3) is 10.2 Å². The highest BCUT2D eigenvalue weighted by Gasteiger charge is 2.24. The van der Waals surface area contributed by atoms with Gasteiger partial charge in [-0.3, -0.25) is 0 Å². The molecule has 0 aromatic heterocycles. The molecule has 1 fully saturated rings. The quantitative estimate of drug-likeness (QED) is 0.640. The Balaban J connectivity index is 1.72. The molecule has 100 valence electrons. The summed E-state index contributed by atoms with van der Waals surface area (Å²) in [6, 6.07) is 9.99. The van der Waals surface area contributed by atoms with Crippen LogP contribution in [0, 0.1) is 0 Å². The highest BCUT2D eigenvalue weighted by molar-refractivity contribution is 7.99. The minimum absolute atomic E-state index is 0.471. The minimum Gasteiger partial charge on any atom is -0.201 e. The lowest BCUT2D eigenvalue weighted by atomic mass is 10.4. The van der Waals surface area contributed by atoms with Crippen molar-refractivity contribution in [3.05, 3.63) is 30.3 Å². The molecule has 0 amide bonds. The molecule has 2 rings (SSSR count). The third-order valence-corrected chi connectivity index (χ3v) is 5.43. The summed E-state index contributed by atoms with van der Waals surface area (Å²) in [6.07, 6.45) is 1.94. The highest BCUT2D eigenvalue weighted by Crippen LogP contribution is 2.16. The molecule has 6 heteroatoms. The van der Waals surface area contributed by atoms with Crippen LogP contribution < -0.4 is 4.72 Å². The van der Waals surface area contributed by atoms with Gasteiger partial charge in [0.15, 0.2) is 0 Å². The summed E-state index contributed by atoms with van der Waals surface area (Å²) in [4.78, 5) is 1.16. The Kier molecular flexibility index (Phi) is 5.05. The summed E-state index contributed by atoms with van der Waals surface area (Å²) in [5, 5.41) is 0. The summed E-state index contributed by atoms with van der Waals surface area (Å²) in [5.74, 6) is 0.747. The van der Waals surface area contributed by atoms with Crippen LogP contribution in [0.25, 0.3) is 0 Å². The van der Waals surface area contributed by atoms with Gasteiger partial charge in [0.2, 0.25) is 0 Å². The second-order valence-electron chi connectivity index (χ2n) is 4.17. The van der Waals surface area contributed by atoms with Gasteiger partial charge in [0.05, 0.1) is 0 Å². The fourth-order valence-corrected chi connectivity index (χ4v) is 4.08. The van der Waals surface area contributed by atoms with Crippen molar-refractivity contribution in [3.8, 4) is 0 Å². The van der Waals surface area contributed by atoms with Gasteiger partial charge < -0.3 is 0 Å². The summed E-state index contributed by atoms with van der Waals surface area (Å²) in [6.45, 7) is 1.78. The maximum atomic E-state index is 11.8. The van der Waals surface area contributed by atoms with Crippen LogP contribution in [0.15, 0.2) is 35.2 Å². The Morgan fingerprint density at radius 1 is 1.17 bits per heavy atom. The first-order valence-corrected chi connectivity index (χ1v) is 8.54. The number of nitrogens with zero attached hydrogens (tertiary/aromatic N) is 1. The lowest BCUT2D eigenvalue weighted by molar-refractivity contribution is 0.467. The highest BCUT2D eigenvalue weighted by atomic mass is 32.2. The fraction of sp³-hybridized carbons (Fsp3) is 0.500. The normalized spacial score (nSPS) is 17.1. The third kappa shape index (κ3) is 3.98. The average Bonchev–Trinajstić information content (AvgIpc) is 2.91. The molecule has 0 spiro atoms. The van der Waals surface area contributed by atoms with Crippen molar-refractivity contribution in [3.63, 3.8) is 0 Å². The molecule has 0 atom stereocenters. The van der Waals surface area contributed by atoms with Crippen molar-refractivity contribution in [1.82, 2.24) is 9.03 Å². The zero-order valence-corrected chi connectivity index (χ0v) is 11.8. The van der Waals surface area contributed by atoms with Gasteiger partial charge in [-0.25, -0.2) is 4.72 Å². The SMILES string of the molecule is O=S(=O)(NCCSc1ccccc1)N1CCCC1. The fourth-order valence-electron chi connectivity index (χ4n) is 1.88. The van der Waals surface area contributed by atoms with Crippen LogP contribution in [0.4, 0.5) is 0 Å². The predicted octanol–water partition coefficient (Wildman–Crippen LogP) is 1.71. The average molecular weight is 286 g/mol. The van der Waals surface area contributed by atoms with E-state index in [9.17, 15) is 8.42 Å². The van der Waals surface area contributed by atoms with E-state index in [0.717, 1.165) is 23.5 Å². The minimum atomic E-state index is -3.24. The van der Waals surface area contributed by atoms with Gasteiger partial charge in [-0.2, -0.15) is 12.7 Å². The second kappa shape index (κ2) is 6.56. The van der Waals surface area contributed by atoms with Gasteiger partial charge in [-0.1, -0.05) is 18.2 Å². The van der Waals surface area contributed by atoms with Crippen molar-refractivity contribution in [2.75, 3.05) is 25.4 Å². The van der Waals surface area contributed by atoms with Gasteiger partial charge >= 0.3 is 0 Å². The monoisotopic (exact) mass is 286 g/mol. The zero-order chi connectivity index (χ0) is 12.8. The molecule has 4 nitrogen and oxygen atoms in total. The summed E-state index contributed by atoms with van der Waals surface area (Å²) in [7, 11) is -3.24. The Morgan fingerprint density at radius 3 is 2.50 bits per heavy atom. The van der Waals surface area contributed by atoms with E-state index in [1.165, 1.54) is 4.31 Å². The van der Waals surface area contributed by atoms with Crippen LogP contribution in [0.3, 0.4) is 0 Å². The molecule has 0 aliphatic carbocycles. The number of rotatable bonds is 6. The molecule has 1 aliphatic heterocycles. The number of benzene rings is 1. The van der Waals surface area contributed by atoms with Gasteiger partial charge in [-0.05, 0) is 25.0 Å². The van der Waals surface area contributed by atoms with E-state index in [1.54, 1.807) is 11.8 Å². The molecule has 1 aromatic rings. The predicted molar refractivity (Wildman–Crippen MR) is 74.9 cm³/mol. The van der Waals surface area contributed by atoms with Crippen molar-refractivity contribution in [2.45, 2.75) is 17.7 Å². The zero-order valence-electron chi connectivity index (χ0n) is 10.2. The number of nitrogens with one attached hydrogen (secondary N) is 1. The van der Waals surface area contributed by atoms with E-state index < -0.39 is 10.2 Å². The van der Waals surface area contributed by atoms with Crippen LogP contribution >= 0.6 is 11.8 Å². The van der Waals surface area contributed by atoms with Crippen LogP contribution in [-0.2, 0) is 10.2 Å². The van der Waals surface area contributed by atoms with E-state index in [1.807, 2.05) is 30.3 Å². The topological polar surface area (TPSA) is 49.4 Å². The van der Waals surface area contributed by atoms with E-state index in [4.69, 9.17) is 0 Å². The van der Waals surface area contributed by atoms with Gasteiger partial charge in [0, 0.05) is 30.3 Å². The van der Waals surface area contributed by atoms with Crippen LogP contribution in [-0.4, -0.2) is 38.1 Å². The van der Waals surface area contributed by atoms with E-state index in [0.29, 0.717) is 19.6 Å². The summed E-state index contributed by atoms with van der Waals surface area (Å²) in [5.41, 5.74) is 0. The second-order valence-corrected chi connectivity index (χ2v) is 7.09. The Hall–Kier alpha value is -0.560. The molecular formula is C12H18N2O2S2. The van der Waals surface area contributed by atoms with Crippen LogP contribution in [0.2, 0.25) is 0 Å². The molecule has 1 saturated heterocycles. The molecule has 1 N–H and O–H groups in total. The Morgan fingerprint density at radius 2 is 1.83 bits per heavy atom. The summed E-state index contributed by atoms with van der Waals surface area (Å²) >= 11 is 1.66. The first-order valence-electron chi connectivity index (χ1n) is 6.11. The van der Waals surface area contributed by atoms with Crippen LogP contribution in [0.1, 0.15) is 12.8 Å². The molecule has 1 heterocycles. The third-order valence-electron chi connectivity index (χ3n) is 2.80. The first-order chi connectivity index (χ1) is 8.68. The molecule has 1 aromatic carbocycles. The number of hydrogen-bond acceptors (Lipinski definition) is 3. The van der Waals surface area contributed by atoms with Crippen molar-refractivity contribution >= 4 is 22.0 Å². The maximum absolute atomic E-state index is 11.8. The van der Waals surface area contributed by atoms with Gasteiger partial charge in [-0.15, -0.1) is 11.8 Å². The van der Waals surface area contributed by atoms with Crippen molar-refractivity contribution < 1.29 is 8.42 Å². The molecule has 0 saturated carbocycles. The number of thioether (sulfide) groups is 1. The van der Waals surface area contributed by atoms with E-state index in [2.05, 4.69) is 4.72 Å². The molecular weight excluding hydrogens is 268 g/mol. The molecule has 0 bridgehead atoms. The van der Waals surface area contributed by atoms with E-state index >= 15 is 0 Å². The van der Waals surface area contributed by atoms with Gasteiger partial charge in [0.1, 0.15) is 0 Å². The largest absolute Gasteiger partial charge is 0.279 e. The van der Waals surface area contributed by atoms with Crippen LogP contribution in [0.5, 0.6) is 0 Å². The molecule has 18 heavy (non-hydrogen) atoms. The lowest BCUT2D eigenvalue weighted by Crippen LogP contribution is -2.39. The standard InChI is InChI=1S/C12H18N2O2S2/c15-18(16,14-9-4-5-10-14)13-8-11-17-12-6-2-1-3-7-12/h1-3,6-7,13H,4-5,8-11H2. The number of hydrogen-bond donors (Lipinski definition) is 1. The first kappa shape index (κ1) is 13.9. The van der Waals surface area contributed by atoms with Crippen molar-refractivity contribution in [2.24, 2.45) is 0 Å². The Bertz CT molecular complexity index is 456.